The molecule has 0 atom stereocenters. The summed E-state index contributed by atoms with van der Waals surface area (Å²) in [5, 5.41) is 3.08. The Balaban J connectivity index is 1.23. The fraction of sp³-hybridized carbons (Fsp3) is 0.458. The van der Waals surface area contributed by atoms with Gasteiger partial charge in [-0.05, 0) is 85.6 Å². The van der Waals surface area contributed by atoms with Crippen LogP contribution in [0.5, 0.6) is 0 Å². The standard InChI is InChI=1S/C24H26FNO/c25-19-7-9-20(10-8-19)26-21(27)24(12-4-13-24)23-15-22(16-23,17-23)14-11-18-5-2-1-3-6-18/h1-3,5-10H,4,11-17H2,(H,26,27). The normalized spacial score (nSPS) is 29.8. The van der Waals surface area contributed by atoms with Gasteiger partial charge in [0.05, 0.1) is 5.41 Å². The molecule has 4 saturated carbocycles. The van der Waals surface area contributed by atoms with Crippen molar-refractivity contribution in [3.05, 3.63) is 66.0 Å². The van der Waals surface area contributed by atoms with E-state index in [4.69, 9.17) is 0 Å². The Morgan fingerprint density at radius 1 is 0.963 bits per heavy atom. The topological polar surface area (TPSA) is 29.1 Å². The van der Waals surface area contributed by atoms with Crippen LogP contribution >= 0.6 is 0 Å². The fourth-order valence-electron chi connectivity index (χ4n) is 6.14. The van der Waals surface area contributed by atoms with Gasteiger partial charge in [-0.2, -0.15) is 0 Å². The number of hydrogen-bond acceptors (Lipinski definition) is 1. The molecule has 0 radical (unpaired) electrons. The zero-order valence-corrected chi connectivity index (χ0v) is 15.6. The lowest BCUT2D eigenvalue weighted by Gasteiger charge is -2.78. The van der Waals surface area contributed by atoms with E-state index >= 15 is 0 Å². The van der Waals surface area contributed by atoms with Gasteiger partial charge in [0.15, 0.2) is 0 Å². The van der Waals surface area contributed by atoms with Gasteiger partial charge in [0.2, 0.25) is 5.91 Å². The smallest absolute Gasteiger partial charge is 0.231 e. The number of carbonyl (C=O) groups excluding carboxylic acids is 1. The minimum Gasteiger partial charge on any atom is -0.326 e. The molecule has 2 nitrogen and oxygen atoms in total. The molecule has 2 aromatic rings. The fourth-order valence-corrected chi connectivity index (χ4v) is 6.14. The summed E-state index contributed by atoms with van der Waals surface area (Å²) in [4.78, 5) is 13.1. The van der Waals surface area contributed by atoms with Gasteiger partial charge < -0.3 is 5.32 Å². The van der Waals surface area contributed by atoms with Crippen molar-refractivity contribution in [2.24, 2.45) is 16.2 Å². The zero-order valence-electron chi connectivity index (χ0n) is 15.6. The van der Waals surface area contributed by atoms with Crippen LogP contribution in [-0.4, -0.2) is 5.91 Å². The number of benzene rings is 2. The molecule has 2 bridgehead atoms. The lowest BCUT2D eigenvalue weighted by atomic mass is 9.25. The monoisotopic (exact) mass is 363 g/mol. The molecule has 1 N–H and O–H groups in total. The number of rotatable bonds is 6. The van der Waals surface area contributed by atoms with Crippen molar-refractivity contribution in [1.29, 1.82) is 0 Å². The van der Waals surface area contributed by atoms with Gasteiger partial charge in [-0.1, -0.05) is 36.8 Å². The first kappa shape index (κ1) is 17.0. The number of hydrogen-bond donors (Lipinski definition) is 1. The number of anilines is 1. The molecule has 2 aromatic carbocycles. The van der Waals surface area contributed by atoms with Crippen molar-refractivity contribution < 1.29 is 9.18 Å². The summed E-state index contributed by atoms with van der Waals surface area (Å²) in [7, 11) is 0. The van der Waals surface area contributed by atoms with Gasteiger partial charge in [0.25, 0.3) is 0 Å². The summed E-state index contributed by atoms with van der Waals surface area (Å²) >= 11 is 0. The summed E-state index contributed by atoms with van der Waals surface area (Å²) in [6.07, 6.45) is 9.19. The van der Waals surface area contributed by atoms with Crippen molar-refractivity contribution in [2.75, 3.05) is 5.32 Å². The molecule has 4 aliphatic carbocycles. The number of halogens is 1. The largest absolute Gasteiger partial charge is 0.326 e. The zero-order chi connectivity index (χ0) is 18.5. The van der Waals surface area contributed by atoms with Crippen molar-refractivity contribution in [3.63, 3.8) is 0 Å². The highest BCUT2D eigenvalue weighted by Crippen LogP contribution is 2.83. The van der Waals surface area contributed by atoms with Crippen molar-refractivity contribution in [1.82, 2.24) is 0 Å². The summed E-state index contributed by atoms with van der Waals surface area (Å²) < 4.78 is 13.1. The van der Waals surface area contributed by atoms with Crippen molar-refractivity contribution in [2.45, 2.75) is 51.4 Å². The predicted octanol–water partition coefficient (Wildman–Crippen LogP) is 5.74. The Morgan fingerprint density at radius 3 is 2.22 bits per heavy atom. The quantitative estimate of drug-likeness (QED) is 0.697. The average Bonchev–Trinajstić information content (AvgIpc) is 2.57. The van der Waals surface area contributed by atoms with Gasteiger partial charge in [-0.25, -0.2) is 4.39 Å². The number of carbonyl (C=O) groups is 1. The molecule has 0 saturated heterocycles. The van der Waals surface area contributed by atoms with Gasteiger partial charge >= 0.3 is 0 Å². The molecule has 1 amide bonds. The van der Waals surface area contributed by atoms with Crippen LogP contribution in [0, 0.1) is 22.1 Å². The molecule has 4 fully saturated rings. The van der Waals surface area contributed by atoms with Crippen molar-refractivity contribution >= 4 is 11.6 Å². The second kappa shape index (κ2) is 5.92. The molecule has 0 aromatic heterocycles. The van der Waals surface area contributed by atoms with E-state index in [0.29, 0.717) is 11.1 Å². The second-order valence-electron chi connectivity index (χ2n) is 9.19. The summed E-state index contributed by atoms with van der Waals surface area (Å²) in [6, 6.07) is 16.8. The van der Waals surface area contributed by atoms with Gasteiger partial charge in [-0.3, -0.25) is 4.79 Å². The van der Waals surface area contributed by atoms with E-state index in [0.717, 1.165) is 25.7 Å². The van der Waals surface area contributed by atoms with E-state index in [1.807, 2.05) is 0 Å². The molecule has 0 heterocycles. The Morgan fingerprint density at radius 2 is 1.63 bits per heavy atom. The van der Waals surface area contributed by atoms with E-state index in [2.05, 4.69) is 35.6 Å². The Hall–Kier alpha value is -2.16. The van der Waals surface area contributed by atoms with Gasteiger partial charge in [-0.15, -0.1) is 0 Å². The lowest BCUT2D eigenvalue weighted by molar-refractivity contribution is -0.283. The first-order valence-electron chi connectivity index (χ1n) is 10.2. The number of nitrogens with one attached hydrogen (secondary N) is 1. The first-order valence-corrected chi connectivity index (χ1v) is 10.2. The minimum atomic E-state index is -0.272. The van der Waals surface area contributed by atoms with E-state index in [9.17, 15) is 9.18 Å². The molecule has 0 aliphatic heterocycles. The minimum absolute atomic E-state index is 0.164. The highest BCUT2D eigenvalue weighted by atomic mass is 19.1. The maximum Gasteiger partial charge on any atom is 0.231 e. The van der Waals surface area contributed by atoms with E-state index in [1.165, 1.54) is 43.4 Å². The van der Waals surface area contributed by atoms with Crippen LogP contribution in [-0.2, 0) is 11.2 Å². The molecule has 6 rings (SSSR count). The van der Waals surface area contributed by atoms with Crippen LogP contribution in [0.25, 0.3) is 0 Å². The predicted molar refractivity (Wildman–Crippen MR) is 105 cm³/mol. The van der Waals surface area contributed by atoms with Gasteiger partial charge in [0, 0.05) is 5.69 Å². The third-order valence-electron chi connectivity index (χ3n) is 7.69. The van der Waals surface area contributed by atoms with Crippen LogP contribution in [0.4, 0.5) is 10.1 Å². The third-order valence-corrected chi connectivity index (χ3v) is 7.69. The van der Waals surface area contributed by atoms with Crippen molar-refractivity contribution in [3.8, 4) is 0 Å². The Bertz CT molecular complexity index is 834. The Labute approximate surface area is 160 Å². The third kappa shape index (κ3) is 2.55. The molecular weight excluding hydrogens is 337 g/mol. The van der Waals surface area contributed by atoms with Gasteiger partial charge in [0.1, 0.15) is 5.82 Å². The second-order valence-corrected chi connectivity index (χ2v) is 9.19. The van der Waals surface area contributed by atoms with Crippen LogP contribution in [0.15, 0.2) is 54.6 Å². The number of amides is 1. The summed E-state index contributed by atoms with van der Waals surface area (Å²) in [5.41, 5.74) is 2.65. The molecular formula is C24H26FNO. The highest BCUT2D eigenvalue weighted by molar-refractivity contribution is 5.97. The molecule has 4 aliphatic rings. The SMILES string of the molecule is O=C(Nc1ccc(F)cc1)C1(C23CC(CCc4ccccc4)(C2)C3)CCC1. The van der Waals surface area contributed by atoms with E-state index < -0.39 is 0 Å². The Kier molecular flexibility index (Phi) is 3.72. The molecule has 0 spiro atoms. The highest BCUT2D eigenvalue weighted by Gasteiger charge is 2.77. The molecule has 0 unspecified atom stereocenters. The van der Waals surface area contributed by atoms with E-state index in [-0.39, 0.29) is 22.6 Å². The van der Waals surface area contributed by atoms with Crippen LogP contribution in [0.3, 0.4) is 0 Å². The summed E-state index contributed by atoms with van der Waals surface area (Å²) in [6.45, 7) is 0. The average molecular weight is 363 g/mol. The lowest BCUT2D eigenvalue weighted by Crippen LogP contribution is -2.72. The van der Waals surface area contributed by atoms with Crippen LogP contribution < -0.4 is 5.32 Å². The number of aryl methyl sites for hydroxylation is 1. The molecule has 27 heavy (non-hydrogen) atoms. The van der Waals surface area contributed by atoms with Crippen LogP contribution in [0.1, 0.15) is 50.5 Å². The molecule has 3 heteroatoms. The van der Waals surface area contributed by atoms with E-state index in [1.54, 1.807) is 12.1 Å². The first-order chi connectivity index (χ1) is 13.0. The maximum atomic E-state index is 13.1. The maximum absolute atomic E-state index is 13.1. The summed E-state index contributed by atoms with van der Waals surface area (Å²) in [5.74, 6) is -0.108. The molecule has 140 valence electrons. The van der Waals surface area contributed by atoms with Crippen LogP contribution in [0.2, 0.25) is 0 Å².